The van der Waals surface area contributed by atoms with Gasteiger partial charge in [-0.1, -0.05) is 19.7 Å². The van der Waals surface area contributed by atoms with Crippen LogP contribution in [0, 0.1) is 5.82 Å². The highest BCUT2D eigenvalue weighted by Crippen LogP contribution is 2.45. The number of rotatable bonds is 5. The fourth-order valence-corrected chi connectivity index (χ4v) is 4.19. The summed E-state index contributed by atoms with van der Waals surface area (Å²) in [5.74, 6) is -0.241. The molecule has 2 heterocycles. The molecule has 0 N–H and O–H groups in total. The van der Waals surface area contributed by atoms with Crippen LogP contribution in [0.4, 0.5) is 20.2 Å². The molecule has 1 atom stereocenters. The summed E-state index contributed by atoms with van der Waals surface area (Å²) in [6.45, 7) is 18.1. The summed E-state index contributed by atoms with van der Waals surface area (Å²) in [5.41, 5.74) is 5.73. The van der Waals surface area contributed by atoms with Gasteiger partial charge in [-0.25, -0.2) is 8.78 Å². The second-order valence-corrected chi connectivity index (χ2v) is 8.34. The molecule has 1 unspecified atom stereocenters. The van der Waals surface area contributed by atoms with Gasteiger partial charge in [0, 0.05) is 55.3 Å². The maximum absolute atomic E-state index is 15.2. The van der Waals surface area contributed by atoms with E-state index < -0.39 is 6.17 Å². The van der Waals surface area contributed by atoms with Gasteiger partial charge in [0.25, 0.3) is 0 Å². The topological polar surface area (TPSA) is 9.72 Å². The third-order valence-electron chi connectivity index (χ3n) is 6.15. The minimum atomic E-state index is -1.06. The lowest BCUT2D eigenvalue weighted by Gasteiger charge is -2.39. The van der Waals surface area contributed by atoms with Gasteiger partial charge >= 0.3 is 0 Å². The maximum Gasteiger partial charge on any atom is 0.147 e. The highest BCUT2D eigenvalue weighted by atomic mass is 19.1. The van der Waals surface area contributed by atoms with E-state index in [0.717, 1.165) is 40.8 Å². The van der Waals surface area contributed by atoms with Gasteiger partial charge in [0.1, 0.15) is 12.0 Å². The van der Waals surface area contributed by atoms with Gasteiger partial charge in [0.15, 0.2) is 0 Å². The zero-order valence-electron chi connectivity index (χ0n) is 17.3. The molecule has 0 amide bonds. The molecule has 0 bridgehead atoms. The maximum atomic E-state index is 15.2. The van der Waals surface area contributed by atoms with Crippen LogP contribution in [-0.2, 0) is 0 Å². The predicted molar refractivity (Wildman–Crippen MR) is 117 cm³/mol. The molecule has 1 saturated carbocycles. The highest BCUT2D eigenvalue weighted by Gasteiger charge is 2.34. The minimum Gasteiger partial charge on any atom is -0.369 e. The Bertz CT molecular complexity index is 903. The second-order valence-electron chi connectivity index (χ2n) is 8.34. The fraction of sp³-hybridized carbons (Fsp3) is 0.417. The standard InChI is InChI=1S/C24H29F2N3/c1-15(2)21-14-29(19-6-7-19)23-13-24(22(26)12-20(23)16(21)3)28-10-8-27(9-11-28)18(5)17(4)25/h12-14,17,19H,1,3,5-11H2,2,4H3. The van der Waals surface area contributed by atoms with E-state index in [1.165, 1.54) is 6.92 Å². The Morgan fingerprint density at radius 2 is 1.76 bits per heavy atom. The van der Waals surface area contributed by atoms with Crippen LogP contribution in [-0.4, -0.2) is 43.3 Å². The Labute approximate surface area is 172 Å². The Morgan fingerprint density at radius 1 is 1.10 bits per heavy atom. The van der Waals surface area contributed by atoms with Crippen LogP contribution in [0.25, 0.3) is 5.57 Å². The van der Waals surface area contributed by atoms with Crippen LogP contribution in [0.3, 0.4) is 0 Å². The summed E-state index contributed by atoms with van der Waals surface area (Å²) >= 11 is 0. The van der Waals surface area contributed by atoms with Crippen molar-refractivity contribution >= 4 is 16.9 Å². The Balaban J connectivity index is 1.63. The normalized spacial score (nSPS) is 20.3. The molecule has 0 spiro atoms. The summed E-state index contributed by atoms with van der Waals surface area (Å²) in [6, 6.07) is 4.04. The van der Waals surface area contributed by atoms with Crippen LogP contribution in [0.15, 0.2) is 54.9 Å². The lowest BCUT2D eigenvalue weighted by atomic mass is 9.90. The van der Waals surface area contributed by atoms with Crippen molar-refractivity contribution in [1.82, 2.24) is 4.90 Å². The largest absolute Gasteiger partial charge is 0.369 e. The molecule has 3 aliphatic rings. The molecule has 2 aliphatic heterocycles. The van der Waals surface area contributed by atoms with Crippen molar-refractivity contribution < 1.29 is 8.78 Å². The number of piperazine rings is 1. The number of hydrogen-bond donors (Lipinski definition) is 0. The molecule has 2 fully saturated rings. The second kappa shape index (κ2) is 7.36. The summed E-state index contributed by atoms with van der Waals surface area (Å²) in [5, 5.41) is 0. The lowest BCUT2D eigenvalue weighted by molar-refractivity contribution is 0.257. The van der Waals surface area contributed by atoms with Gasteiger partial charge in [-0.05, 0) is 50.0 Å². The third-order valence-corrected chi connectivity index (χ3v) is 6.15. The number of benzene rings is 1. The smallest absolute Gasteiger partial charge is 0.147 e. The van der Waals surface area contributed by atoms with E-state index in [1.807, 2.05) is 22.8 Å². The summed E-state index contributed by atoms with van der Waals surface area (Å²) < 4.78 is 28.7. The van der Waals surface area contributed by atoms with Crippen molar-refractivity contribution in [1.29, 1.82) is 0 Å². The third kappa shape index (κ3) is 3.59. The van der Waals surface area contributed by atoms with Crippen LogP contribution in [0.5, 0.6) is 0 Å². The van der Waals surface area contributed by atoms with Gasteiger partial charge in [-0.2, -0.15) is 0 Å². The fourth-order valence-electron chi connectivity index (χ4n) is 4.19. The van der Waals surface area contributed by atoms with Gasteiger partial charge in [-0.15, -0.1) is 0 Å². The zero-order chi connectivity index (χ0) is 20.9. The SMILES string of the molecule is C=C(C)C1=CN(C2CC2)c2cc(N3CCN(C(=C)C(C)F)CC3)c(F)cc2C1=C. The summed E-state index contributed by atoms with van der Waals surface area (Å²) in [4.78, 5) is 6.27. The first-order chi connectivity index (χ1) is 13.8. The Kier molecular flexibility index (Phi) is 5.01. The van der Waals surface area contributed by atoms with Crippen molar-refractivity contribution in [3.05, 3.63) is 66.3 Å². The molecule has 1 saturated heterocycles. The molecule has 0 aromatic heterocycles. The predicted octanol–water partition coefficient (Wildman–Crippen LogP) is 5.28. The molecule has 4 rings (SSSR count). The minimum absolute atomic E-state index is 0.241. The van der Waals surface area contributed by atoms with Crippen LogP contribution >= 0.6 is 0 Å². The highest BCUT2D eigenvalue weighted by molar-refractivity contribution is 5.93. The molecule has 0 radical (unpaired) electrons. The number of fused-ring (bicyclic) bond motifs is 1. The molecule has 5 heteroatoms. The van der Waals surface area contributed by atoms with Crippen LogP contribution in [0.2, 0.25) is 0 Å². The van der Waals surface area contributed by atoms with E-state index in [1.54, 1.807) is 6.07 Å². The van der Waals surface area contributed by atoms with E-state index in [0.29, 0.717) is 43.6 Å². The van der Waals surface area contributed by atoms with E-state index in [9.17, 15) is 4.39 Å². The van der Waals surface area contributed by atoms with Crippen molar-refractivity contribution in [2.75, 3.05) is 36.0 Å². The van der Waals surface area contributed by atoms with Crippen molar-refractivity contribution in [2.45, 2.75) is 38.9 Å². The van der Waals surface area contributed by atoms with E-state index >= 15 is 4.39 Å². The van der Waals surface area contributed by atoms with Crippen LogP contribution in [0.1, 0.15) is 32.3 Å². The van der Waals surface area contributed by atoms with Crippen molar-refractivity contribution in [3.63, 3.8) is 0 Å². The molecule has 1 aromatic rings. The van der Waals surface area contributed by atoms with E-state index in [4.69, 9.17) is 0 Å². The molecule has 154 valence electrons. The monoisotopic (exact) mass is 397 g/mol. The van der Waals surface area contributed by atoms with Crippen LogP contribution < -0.4 is 9.80 Å². The number of nitrogens with zero attached hydrogens (tertiary/aromatic N) is 3. The Hall–Kier alpha value is -2.56. The first kappa shape index (κ1) is 19.7. The molecular weight excluding hydrogens is 368 g/mol. The average Bonchev–Trinajstić information content (AvgIpc) is 3.52. The number of allylic oxidation sites excluding steroid dienone is 4. The van der Waals surface area contributed by atoms with Gasteiger partial charge in [0.05, 0.1) is 11.4 Å². The van der Waals surface area contributed by atoms with Crippen molar-refractivity contribution in [2.24, 2.45) is 0 Å². The first-order valence-electron chi connectivity index (χ1n) is 10.3. The number of halogens is 2. The number of hydrogen-bond acceptors (Lipinski definition) is 3. The van der Waals surface area contributed by atoms with Crippen molar-refractivity contribution in [3.8, 4) is 0 Å². The Morgan fingerprint density at radius 3 is 2.31 bits per heavy atom. The van der Waals surface area contributed by atoms with Gasteiger partial charge in [-0.3, -0.25) is 0 Å². The quantitative estimate of drug-likeness (QED) is 0.670. The average molecular weight is 398 g/mol. The molecule has 1 aliphatic carbocycles. The van der Waals surface area contributed by atoms with E-state index in [2.05, 4.69) is 30.8 Å². The molecular formula is C24H29F2N3. The number of alkyl halides is 1. The molecule has 1 aromatic carbocycles. The molecule has 3 nitrogen and oxygen atoms in total. The summed E-state index contributed by atoms with van der Waals surface area (Å²) in [6.07, 6.45) is 3.34. The molecule has 29 heavy (non-hydrogen) atoms. The van der Waals surface area contributed by atoms with Gasteiger partial charge < -0.3 is 14.7 Å². The number of anilines is 2. The van der Waals surface area contributed by atoms with Gasteiger partial charge in [0.2, 0.25) is 0 Å². The summed E-state index contributed by atoms with van der Waals surface area (Å²) in [7, 11) is 0. The zero-order valence-corrected chi connectivity index (χ0v) is 17.3. The first-order valence-corrected chi connectivity index (χ1v) is 10.3. The lowest BCUT2D eigenvalue weighted by Crippen LogP contribution is -2.47. The van der Waals surface area contributed by atoms with E-state index in [-0.39, 0.29) is 5.82 Å².